The Labute approximate surface area is 326 Å². The highest BCUT2D eigenvalue weighted by Gasteiger charge is 2.41. The number of aromatic nitrogens is 2. The number of nitro benzene ring substituents is 1. The number of carbonyl (C=O) groups excluding carboxylic acids is 1. The molecular formula is C43H35F2N5O6S. The maximum atomic E-state index is 14.3. The maximum absolute atomic E-state index is 14.3. The molecule has 0 fully saturated rings. The summed E-state index contributed by atoms with van der Waals surface area (Å²) in [4.78, 5) is 26.6. The summed E-state index contributed by atoms with van der Waals surface area (Å²) in [5.74, 6) is -3.01. The third kappa shape index (κ3) is 7.47. The van der Waals surface area contributed by atoms with Crippen LogP contribution < -0.4 is 10.1 Å². The van der Waals surface area contributed by atoms with Crippen molar-refractivity contribution in [3.63, 3.8) is 0 Å². The highest BCUT2D eigenvalue weighted by molar-refractivity contribution is 7.91. The predicted molar refractivity (Wildman–Crippen MR) is 211 cm³/mol. The number of benzene rings is 6. The van der Waals surface area contributed by atoms with Gasteiger partial charge in [-0.05, 0) is 73.3 Å². The Morgan fingerprint density at radius 3 is 1.88 bits per heavy atom. The third-order valence-electron chi connectivity index (χ3n) is 9.45. The number of hydrogen-bond acceptors (Lipinski definition) is 8. The molecule has 7 rings (SSSR count). The summed E-state index contributed by atoms with van der Waals surface area (Å²) in [6, 6.07) is 38.4. The molecule has 14 heteroatoms. The van der Waals surface area contributed by atoms with Gasteiger partial charge in [0.1, 0.15) is 35.1 Å². The molecule has 0 aliphatic heterocycles. The van der Waals surface area contributed by atoms with Crippen molar-refractivity contribution < 1.29 is 31.7 Å². The number of rotatable bonds is 13. The molecule has 0 aliphatic carbocycles. The molecule has 0 radical (unpaired) electrons. The molecule has 1 amide bonds. The minimum Gasteiger partial charge on any atom is -0.492 e. The summed E-state index contributed by atoms with van der Waals surface area (Å²) in [6.45, 7) is 0.798. The van der Waals surface area contributed by atoms with Crippen molar-refractivity contribution in [1.82, 2.24) is 14.7 Å². The fourth-order valence-electron chi connectivity index (χ4n) is 6.80. The van der Waals surface area contributed by atoms with Crippen LogP contribution in [0.2, 0.25) is 0 Å². The van der Waals surface area contributed by atoms with E-state index in [2.05, 4.69) is 5.32 Å². The van der Waals surface area contributed by atoms with Crippen molar-refractivity contribution in [3.05, 3.63) is 190 Å². The number of amides is 1. The molecule has 288 valence electrons. The van der Waals surface area contributed by atoms with Gasteiger partial charge in [0, 0.05) is 18.0 Å². The lowest BCUT2D eigenvalue weighted by Gasteiger charge is -2.37. The molecule has 6 aromatic carbocycles. The second-order valence-corrected chi connectivity index (χ2v) is 15.3. The van der Waals surface area contributed by atoms with Crippen molar-refractivity contribution >= 4 is 38.2 Å². The maximum Gasteiger partial charge on any atom is 0.285 e. The van der Waals surface area contributed by atoms with E-state index in [-0.39, 0.29) is 34.0 Å². The van der Waals surface area contributed by atoms with Gasteiger partial charge in [0.2, 0.25) is 9.84 Å². The molecule has 0 unspecified atom stereocenters. The molecule has 7 aromatic rings. The fourth-order valence-corrected chi connectivity index (χ4v) is 8.13. The number of likely N-dealkylation sites (N-methyl/N-ethyl adjacent to an activating group) is 1. The van der Waals surface area contributed by atoms with Crippen molar-refractivity contribution in [2.24, 2.45) is 0 Å². The lowest BCUT2D eigenvalue weighted by Crippen LogP contribution is -2.38. The highest BCUT2D eigenvalue weighted by atomic mass is 32.2. The van der Waals surface area contributed by atoms with Gasteiger partial charge in [0.15, 0.2) is 5.82 Å². The van der Waals surface area contributed by atoms with Crippen LogP contribution in [0.3, 0.4) is 0 Å². The Bertz CT molecular complexity index is 2600. The zero-order valence-electron chi connectivity index (χ0n) is 30.7. The van der Waals surface area contributed by atoms with Crippen molar-refractivity contribution in [3.8, 4) is 5.75 Å². The van der Waals surface area contributed by atoms with E-state index < -0.39 is 48.4 Å². The summed E-state index contributed by atoms with van der Waals surface area (Å²) < 4.78 is 63.8. The molecule has 0 spiro atoms. The molecule has 0 bridgehead atoms. The van der Waals surface area contributed by atoms with Gasteiger partial charge in [-0.2, -0.15) is 5.10 Å². The molecule has 0 atom stereocenters. The van der Waals surface area contributed by atoms with E-state index in [1.165, 1.54) is 30.3 Å². The van der Waals surface area contributed by atoms with Gasteiger partial charge in [0.05, 0.1) is 26.3 Å². The molecular weight excluding hydrogens is 753 g/mol. The Balaban J connectivity index is 1.47. The molecule has 11 nitrogen and oxygen atoms in total. The van der Waals surface area contributed by atoms with Crippen LogP contribution in [0.1, 0.15) is 27.0 Å². The normalized spacial score (nSPS) is 11.8. The summed E-state index contributed by atoms with van der Waals surface area (Å²) in [5.41, 5.74) is 0.565. The first-order chi connectivity index (χ1) is 27.4. The summed E-state index contributed by atoms with van der Waals surface area (Å²) in [7, 11) is -0.818. The number of halogens is 2. The van der Waals surface area contributed by atoms with Crippen LogP contribution >= 0.6 is 0 Å². The number of anilines is 1. The van der Waals surface area contributed by atoms with Crippen LogP contribution in [-0.4, -0.2) is 61.2 Å². The number of carbonyl (C=O) groups is 1. The first kappa shape index (κ1) is 38.5. The van der Waals surface area contributed by atoms with Crippen LogP contribution in [0.25, 0.3) is 10.9 Å². The minimum absolute atomic E-state index is 0.125. The van der Waals surface area contributed by atoms with Crippen molar-refractivity contribution in [2.75, 3.05) is 32.6 Å². The smallest absolute Gasteiger partial charge is 0.285 e. The zero-order chi connectivity index (χ0) is 40.3. The van der Waals surface area contributed by atoms with Crippen LogP contribution in [0, 0.1) is 21.7 Å². The van der Waals surface area contributed by atoms with Crippen LogP contribution in [-0.2, 0) is 15.4 Å². The minimum atomic E-state index is -4.53. The van der Waals surface area contributed by atoms with Gasteiger partial charge in [-0.3, -0.25) is 14.9 Å². The summed E-state index contributed by atoms with van der Waals surface area (Å²) >= 11 is 0. The number of nitrogens with zero attached hydrogens (tertiary/aromatic N) is 4. The quantitative estimate of drug-likeness (QED) is 0.0704. The molecule has 1 N–H and O–H groups in total. The SMILES string of the molecule is CN(C)CCOc1ccc(C(=O)Nc2nn(C(c3ccccc3)(c3ccccc3)c3ccccc3)c3ccc(S(=O)(=O)c4cc(F)cc(F)c4)cc23)c([N+](=O)[O-])c1. The van der Waals surface area contributed by atoms with Crippen LogP contribution in [0.4, 0.5) is 20.3 Å². The summed E-state index contributed by atoms with van der Waals surface area (Å²) in [5, 5.41) is 20.1. The average molecular weight is 788 g/mol. The monoisotopic (exact) mass is 787 g/mol. The number of ether oxygens (including phenoxy) is 1. The van der Waals surface area contributed by atoms with E-state index in [1.807, 2.05) is 110 Å². The van der Waals surface area contributed by atoms with Gasteiger partial charge >= 0.3 is 0 Å². The van der Waals surface area contributed by atoms with E-state index in [9.17, 15) is 32.1 Å². The number of nitro groups is 1. The van der Waals surface area contributed by atoms with Crippen LogP contribution in [0.5, 0.6) is 5.75 Å². The van der Waals surface area contributed by atoms with E-state index in [0.717, 1.165) is 22.8 Å². The van der Waals surface area contributed by atoms with Gasteiger partial charge < -0.3 is 15.0 Å². The van der Waals surface area contributed by atoms with Crippen molar-refractivity contribution in [2.45, 2.75) is 15.3 Å². The third-order valence-corrected chi connectivity index (χ3v) is 11.2. The molecule has 0 aliphatic rings. The lowest BCUT2D eigenvalue weighted by molar-refractivity contribution is -0.385. The Hall–Kier alpha value is -6.77. The molecule has 1 heterocycles. The number of hydrogen-bond donors (Lipinski definition) is 1. The number of sulfone groups is 1. The van der Waals surface area contributed by atoms with E-state index in [1.54, 1.807) is 4.68 Å². The van der Waals surface area contributed by atoms with Crippen molar-refractivity contribution in [1.29, 1.82) is 0 Å². The highest BCUT2D eigenvalue weighted by Crippen LogP contribution is 2.44. The van der Waals surface area contributed by atoms with E-state index in [4.69, 9.17) is 9.84 Å². The predicted octanol–water partition coefficient (Wildman–Crippen LogP) is 8.09. The first-order valence-corrected chi connectivity index (χ1v) is 19.2. The van der Waals surface area contributed by atoms with Crippen LogP contribution in [0.15, 0.2) is 155 Å². The molecule has 0 saturated heterocycles. The topological polar surface area (TPSA) is 137 Å². The zero-order valence-corrected chi connectivity index (χ0v) is 31.5. The largest absolute Gasteiger partial charge is 0.492 e. The number of nitrogens with one attached hydrogen (secondary N) is 1. The average Bonchev–Trinajstić information content (AvgIpc) is 3.56. The van der Waals surface area contributed by atoms with Gasteiger partial charge in [-0.25, -0.2) is 21.9 Å². The summed E-state index contributed by atoms with van der Waals surface area (Å²) in [6.07, 6.45) is 0. The van der Waals surface area contributed by atoms with E-state index >= 15 is 0 Å². The number of fused-ring (bicyclic) bond motifs is 1. The first-order valence-electron chi connectivity index (χ1n) is 17.7. The second kappa shape index (κ2) is 15.8. The Kier molecular flexibility index (Phi) is 10.6. The van der Waals surface area contributed by atoms with Gasteiger partial charge in [-0.1, -0.05) is 91.0 Å². The molecule has 57 heavy (non-hydrogen) atoms. The molecule has 0 saturated carbocycles. The lowest BCUT2D eigenvalue weighted by atomic mass is 9.77. The Morgan fingerprint density at radius 2 is 1.35 bits per heavy atom. The Morgan fingerprint density at radius 1 is 0.789 bits per heavy atom. The van der Waals surface area contributed by atoms with Gasteiger partial charge in [0.25, 0.3) is 11.6 Å². The molecule has 1 aromatic heterocycles. The standard InChI is InChI=1S/C43H35F2N5O6S/c1-48(2)22-23-56-34-18-20-37(40(27-34)50(52)53)42(51)46-41-38-28-35(57(54,55)36-25-32(44)24-33(45)26-36)19-21-39(38)49(47-41)43(29-12-6-3-7-13-29,30-14-8-4-9-15-30)31-16-10-5-11-17-31/h3-21,24-28H,22-23H2,1-2H3,(H,46,47,51). The second-order valence-electron chi connectivity index (χ2n) is 13.4. The van der Waals surface area contributed by atoms with E-state index in [0.29, 0.717) is 30.3 Å². The van der Waals surface area contributed by atoms with Gasteiger partial charge in [-0.15, -0.1) is 0 Å². The fraction of sp³-hybridized carbons (Fsp3) is 0.116.